The molecule has 34 heavy (non-hydrogen) atoms. The standard InChI is InChI=1S/C28H61N5O/c1-25(2)13-12-14-26(3)16-17-28(34)33-22-9-5-4-6-15-27(23-31-20-10-7-18-29)24-32-21-11-8-19-30/h25-27,31-32H,4-24,29-30H2,1-3H3,(H,33,34). The van der Waals surface area contributed by atoms with Crippen LogP contribution in [0.15, 0.2) is 0 Å². The molecule has 0 aromatic carbocycles. The van der Waals surface area contributed by atoms with Crippen molar-refractivity contribution >= 4 is 5.91 Å². The van der Waals surface area contributed by atoms with Crippen molar-refractivity contribution in [2.24, 2.45) is 29.2 Å². The van der Waals surface area contributed by atoms with Crippen molar-refractivity contribution in [3.63, 3.8) is 0 Å². The topological polar surface area (TPSA) is 105 Å². The molecule has 0 aliphatic rings. The first-order valence-corrected chi connectivity index (χ1v) is 14.6. The first-order valence-electron chi connectivity index (χ1n) is 14.6. The van der Waals surface area contributed by atoms with E-state index in [9.17, 15) is 4.79 Å². The van der Waals surface area contributed by atoms with Gasteiger partial charge < -0.3 is 27.4 Å². The average molecular weight is 484 g/mol. The number of hydrogen-bond donors (Lipinski definition) is 5. The highest BCUT2D eigenvalue weighted by Crippen LogP contribution is 2.16. The van der Waals surface area contributed by atoms with Crippen molar-refractivity contribution < 1.29 is 4.79 Å². The molecule has 0 saturated heterocycles. The van der Waals surface area contributed by atoms with Crippen molar-refractivity contribution in [3.05, 3.63) is 0 Å². The van der Waals surface area contributed by atoms with E-state index in [1.54, 1.807) is 0 Å². The molecule has 6 nitrogen and oxygen atoms in total. The zero-order valence-corrected chi connectivity index (χ0v) is 23.1. The molecule has 0 fully saturated rings. The molecule has 0 rings (SSSR count). The number of nitrogens with one attached hydrogen (secondary N) is 3. The van der Waals surface area contributed by atoms with E-state index < -0.39 is 0 Å². The summed E-state index contributed by atoms with van der Waals surface area (Å²) in [6.45, 7) is 13.5. The van der Waals surface area contributed by atoms with Crippen LogP contribution >= 0.6 is 0 Å². The van der Waals surface area contributed by atoms with Gasteiger partial charge in [0.25, 0.3) is 0 Å². The number of carbonyl (C=O) groups excluding carboxylic acids is 1. The predicted octanol–water partition coefficient (Wildman–Crippen LogP) is 4.57. The molecule has 1 unspecified atom stereocenters. The van der Waals surface area contributed by atoms with Crippen LogP contribution in [0.4, 0.5) is 0 Å². The lowest BCUT2D eigenvalue weighted by molar-refractivity contribution is -0.121. The maximum atomic E-state index is 12.1. The Balaban J connectivity index is 3.81. The summed E-state index contributed by atoms with van der Waals surface area (Å²) in [5.74, 6) is 2.35. The average Bonchev–Trinajstić information content (AvgIpc) is 2.81. The summed E-state index contributed by atoms with van der Waals surface area (Å²) < 4.78 is 0. The number of nitrogens with two attached hydrogens (primary N) is 2. The zero-order valence-electron chi connectivity index (χ0n) is 23.1. The smallest absolute Gasteiger partial charge is 0.220 e. The van der Waals surface area contributed by atoms with Crippen LogP contribution in [0.2, 0.25) is 0 Å². The van der Waals surface area contributed by atoms with E-state index in [0.29, 0.717) is 18.3 Å². The van der Waals surface area contributed by atoms with Gasteiger partial charge in [-0.1, -0.05) is 59.3 Å². The van der Waals surface area contributed by atoms with Crippen LogP contribution < -0.4 is 27.4 Å². The minimum atomic E-state index is 0.234. The lowest BCUT2D eigenvalue weighted by Gasteiger charge is -2.18. The van der Waals surface area contributed by atoms with Crippen LogP contribution in [-0.2, 0) is 4.79 Å². The summed E-state index contributed by atoms with van der Waals surface area (Å²) in [4.78, 5) is 12.1. The molecule has 6 heteroatoms. The fraction of sp³-hybridized carbons (Fsp3) is 0.964. The Morgan fingerprint density at radius 1 is 0.647 bits per heavy atom. The largest absolute Gasteiger partial charge is 0.356 e. The van der Waals surface area contributed by atoms with Gasteiger partial charge in [-0.05, 0) is 102 Å². The van der Waals surface area contributed by atoms with Gasteiger partial charge in [-0.15, -0.1) is 0 Å². The Hall–Kier alpha value is -0.690. The molecular weight excluding hydrogens is 422 g/mol. The van der Waals surface area contributed by atoms with Crippen LogP contribution in [0.5, 0.6) is 0 Å². The monoisotopic (exact) mass is 483 g/mol. The van der Waals surface area contributed by atoms with Gasteiger partial charge in [0.1, 0.15) is 0 Å². The van der Waals surface area contributed by atoms with Gasteiger partial charge in [-0.3, -0.25) is 4.79 Å². The summed E-state index contributed by atoms with van der Waals surface area (Å²) in [6, 6.07) is 0. The van der Waals surface area contributed by atoms with E-state index in [1.165, 1.54) is 44.9 Å². The van der Waals surface area contributed by atoms with E-state index in [-0.39, 0.29) is 5.91 Å². The van der Waals surface area contributed by atoms with Crippen molar-refractivity contribution in [1.29, 1.82) is 0 Å². The lowest BCUT2D eigenvalue weighted by Crippen LogP contribution is -2.32. The second-order valence-electron chi connectivity index (χ2n) is 10.8. The first kappa shape index (κ1) is 33.3. The third-order valence-electron chi connectivity index (χ3n) is 6.69. The van der Waals surface area contributed by atoms with Crippen molar-refractivity contribution in [2.45, 2.75) is 111 Å². The van der Waals surface area contributed by atoms with Gasteiger partial charge in [-0.25, -0.2) is 0 Å². The molecular formula is C28H61N5O. The van der Waals surface area contributed by atoms with Crippen molar-refractivity contribution in [2.75, 3.05) is 45.8 Å². The second kappa shape index (κ2) is 25.4. The number of carbonyl (C=O) groups is 1. The minimum absolute atomic E-state index is 0.234. The fourth-order valence-electron chi connectivity index (χ4n) is 4.30. The fourth-order valence-corrected chi connectivity index (χ4v) is 4.30. The first-order chi connectivity index (χ1) is 16.5. The summed E-state index contributed by atoms with van der Waals surface area (Å²) in [6.07, 6.45) is 16.1. The third kappa shape index (κ3) is 24.4. The Labute approximate surface area is 212 Å². The van der Waals surface area contributed by atoms with E-state index in [1.807, 2.05) is 0 Å². The molecule has 0 aliphatic carbocycles. The quantitative estimate of drug-likeness (QED) is 0.116. The Morgan fingerprint density at radius 2 is 1.24 bits per heavy atom. The Bertz CT molecular complexity index is 419. The zero-order chi connectivity index (χ0) is 25.3. The summed E-state index contributed by atoms with van der Waals surface area (Å²) in [7, 11) is 0. The maximum absolute atomic E-state index is 12.1. The molecule has 0 saturated carbocycles. The molecule has 7 N–H and O–H groups in total. The minimum Gasteiger partial charge on any atom is -0.356 e. The van der Waals surface area contributed by atoms with Crippen molar-refractivity contribution in [1.82, 2.24) is 16.0 Å². The van der Waals surface area contributed by atoms with Crippen molar-refractivity contribution in [3.8, 4) is 0 Å². The van der Waals surface area contributed by atoms with E-state index in [2.05, 4.69) is 36.7 Å². The van der Waals surface area contributed by atoms with Gasteiger partial charge in [0.05, 0.1) is 0 Å². The highest BCUT2D eigenvalue weighted by Gasteiger charge is 2.09. The number of amides is 1. The Kier molecular flexibility index (Phi) is 24.9. The number of unbranched alkanes of at least 4 members (excludes halogenated alkanes) is 5. The number of rotatable bonds is 26. The molecule has 0 radical (unpaired) electrons. The highest BCUT2D eigenvalue weighted by atomic mass is 16.1. The lowest BCUT2D eigenvalue weighted by atomic mass is 9.96. The summed E-state index contributed by atoms with van der Waals surface area (Å²) in [5, 5.41) is 10.4. The van der Waals surface area contributed by atoms with Gasteiger partial charge in [0.2, 0.25) is 5.91 Å². The van der Waals surface area contributed by atoms with Crippen LogP contribution in [0, 0.1) is 17.8 Å². The second-order valence-corrected chi connectivity index (χ2v) is 10.8. The maximum Gasteiger partial charge on any atom is 0.220 e. The molecule has 204 valence electrons. The molecule has 1 atom stereocenters. The molecule has 0 spiro atoms. The van der Waals surface area contributed by atoms with Gasteiger partial charge >= 0.3 is 0 Å². The van der Waals surface area contributed by atoms with Gasteiger partial charge in [0, 0.05) is 13.0 Å². The Morgan fingerprint density at radius 3 is 1.82 bits per heavy atom. The third-order valence-corrected chi connectivity index (χ3v) is 6.69. The molecule has 0 bridgehead atoms. The summed E-state index contributed by atoms with van der Waals surface area (Å²) in [5.41, 5.74) is 11.2. The molecule has 0 heterocycles. The molecule has 0 aromatic rings. The van der Waals surface area contributed by atoms with Gasteiger partial charge in [-0.2, -0.15) is 0 Å². The molecule has 0 aliphatic heterocycles. The van der Waals surface area contributed by atoms with Gasteiger partial charge in [0.15, 0.2) is 0 Å². The normalized spacial score (nSPS) is 12.6. The predicted molar refractivity (Wildman–Crippen MR) is 149 cm³/mol. The number of hydrogen-bond acceptors (Lipinski definition) is 5. The van der Waals surface area contributed by atoms with Crippen LogP contribution in [-0.4, -0.2) is 51.7 Å². The highest BCUT2D eigenvalue weighted by molar-refractivity contribution is 5.75. The van der Waals surface area contributed by atoms with E-state index in [0.717, 1.165) is 90.3 Å². The van der Waals surface area contributed by atoms with Crippen LogP contribution in [0.3, 0.4) is 0 Å². The summed E-state index contributed by atoms with van der Waals surface area (Å²) >= 11 is 0. The van der Waals surface area contributed by atoms with Crippen LogP contribution in [0.1, 0.15) is 111 Å². The molecule has 0 aromatic heterocycles. The van der Waals surface area contributed by atoms with E-state index in [4.69, 9.17) is 11.5 Å². The SMILES string of the molecule is CC(C)CCCC(C)CCC(=O)NCCCCCCC(CNCCCCN)CNCCCCN. The van der Waals surface area contributed by atoms with Crippen LogP contribution in [0.25, 0.3) is 0 Å². The molecule has 1 amide bonds. The van der Waals surface area contributed by atoms with E-state index >= 15 is 0 Å².